The molecule has 1 aromatic heterocycles. The molecule has 0 bridgehead atoms. The summed E-state index contributed by atoms with van der Waals surface area (Å²) in [5.41, 5.74) is 4.21. The van der Waals surface area contributed by atoms with Crippen molar-refractivity contribution in [3.05, 3.63) is 70.4 Å². The highest BCUT2D eigenvalue weighted by molar-refractivity contribution is 6.33. The summed E-state index contributed by atoms with van der Waals surface area (Å²) in [4.78, 5) is 8.81. The Bertz CT molecular complexity index is 907. The van der Waals surface area contributed by atoms with Crippen LogP contribution in [-0.4, -0.2) is 23.6 Å². The molecule has 0 saturated carbocycles. The first-order valence-corrected chi connectivity index (χ1v) is 9.16. The topological polar surface area (TPSA) is 59.1 Å². The van der Waals surface area contributed by atoms with Gasteiger partial charge in [-0.05, 0) is 61.2 Å². The Morgan fingerprint density at radius 1 is 1.11 bits per heavy atom. The van der Waals surface area contributed by atoms with E-state index in [2.05, 4.69) is 32.7 Å². The predicted molar refractivity (Wildman–Crippen MR) is 111 cm³/mol. The molecule has 0 fully saturated rings. The number of aryl methyl sites for hydroxylation is 2. The maximum atomic E-state index is 6.36. The summed E-state index contributed by atoms with van der Waals surface area (Å²) >= 11 is 6.36. The molecule has 2 N–H and O–H groups in total. The monoisotopic (exact) mass is 382 g/mol. The summed E-state index contributed by atoms with van der Waals surface area (Å²) in [5.74, 6) is 2.14. The standard InChI is InChI=1S/C21H23ClN4O/c1-14-11-15(2)20(18(22)12-14)26-21-24-10-8-19(25-21)23-9-7-16-5-4-6-17(13-16)27-3/h4-6,8,10-13H,7,9H2,1-3H3,(H2,23,24,25,26). The Morgan fingerprint density at radius 3 is 2.74 bits per heavy atom. The smallest absolute Gasteiger partial charge is 0.229 e. The number of hydrogen-bond donors (Lipinski definition) is 2. The maximum Gasteiger partial charge on any atom is 0.229 e. The van der Waals surface area contributed by atoms with E-state index in [1.807, 2.05) is 44.2 Å². The van der Waals surface area contributed by atoms with Gasteiger partial charge in [0, 0.05) is 12.7 Å². The van der Waals surface area contributed by atoms with E-state index in [0.29, 0.717) is 11.0 Å². The van der Waals surface area contributed by atoms with Crippen molar-refractivity contribution in [1.29, 1.82) is 0 Å². The van der Waals surface area contributed by atoms with E-state index in [0.717, 1.165) is 41.3 Å². The van der Waals surface area contributed by atoms with Crippen molar-refractivity contribution in [3.8, 4) is 5.75 Å². The highest BCUT2D eigenvalue weighted by Crippen LogP contribution is 2.29. The Balaban J connectivity index is 1.64. The van der Waals surface area contributed by atoms with E-state index in [1.165, 1.54) is 5.56 Å². The Morgan fingerprint density at radius 2 is 1.96 bits per heavy atom. The fraction of sp³-hybridized carbons (Fsp3) is 0.238. The Kier molecular flexibility index (Phi) is 6.14. The first-order chi connectivity index (χ1) is 13.0. The summed E-state index contributed by atoms with van der Waals surface area (Å²) in [6.45, 7) is 4.79. The van der Waals surface area contributed by atoms with Gasteiger partial charge in [-0.15, -0.1) is 0 Å². The van der Waals surface area contributed by atoms with Crippen LogP contribution in [0.5, 0.6) is 5.75 Å². The van der Waals surface area contributed by atoms with E-state index in [4.69, 9.17) is 16.3 Å². The number of methoxy groups -OCH3 is 1. The van der Waals surface area contributed by atoms with Crippen LogP contribution in [0.1, 0.15) is 16.7 Å². The number of nitrogens with zero attached hydrogens (tertiary/aromatic N) is 2. The number of aromatic nitrogens is 2. The van der Waals surface area contributed by atoms with Gasteiger partial charge in [-0.25, -0.2) is 4.98 Å². The van der Waals surface area contributed by atoms with Crippen molar-refractivity contribution < 1.29 is 4.74 Å². The van der Waals surface area contributed by atoms with Crippen LogP contribution in [0, 0.1) is 13.8 Å². The Hall–Kier alpha value is -2.79. The Labute approximate surface area is 164 Å². The van der Waals surface area contributed by atoms with Crippen molar-refractivity contribution in [1.82, 2.24) is 9.97 Å². The van der Waals surface area contributed by atoms with E-state index >= 15 is 0 Å². The zero-order valence-electron chi connectivity index (χ0n) is 15.7. The molecule has 2 aromatic carbocycles. The van der Waals surface area contributed by atoms with Gasteiger partial charge in [-0.3, -0.25) is 0 Å². The van der Waals surface area contributed by atoms with Gasteiger partial charge in [0.25, 0.3) is 0 Å². The number of halogens is 1. The van der Waals surface area contributed by atoms with Crippen LogP contribution >= 0.6 is 11.6 Å². The molecule has 3 rings (SSSR count). The van der Waals surface area contributed by atoms with E-state index < -0.39 is 0 Å². The van der Waals surface area contributed by atoms with Crippen molar-refractivity contribution in [2.45, 2.75) is 20.3 Å². The zero-order valence-corrected chi connectivity index (χ0v) is 16.5. The van der Waals surface area contributed by atoms with Gasteiger partial charge in [0.1, 0.15) is 11.6 Å². The van der Waals surface area contributed by atoms with Gasteiger partial charge in [0.05, 0.1) is 17.8 Å². The number of nitrogens with one attached hydrogen (secondary N) is 2. The lowest BCUT2D eigenvalue weighted by Gasteiger charge is -2.12. The second kappa shape index (κ2) is 8.73. The second-order valence-electron chi connectivity index (χ2n) is 6.36. The molecule has 0 unspecified atom stereocenters. The molecule has 0 atom stereocenters. The molecule has 5 nitrogen and oxygen atoms in total. The number of hydrogen-bond acceptors (Lipinski definition) is 5. The minimum Gasteiger partial charge on any atom is -0.497 e. The molecule has 0 aliphatic rings. The predicted octanol–water partition coefficient (Wildman–Crippen LogP) is 5.15. The van der Waals surface area contributed by atoms with Gasteiger partial charge < -0.3 is 15.4 Å². The molecule has 27 heavy (non-hydrogen) atoms. The fourth-order valence-corrected chi connectivity index (χ4v) is 3.23. The van der Waals surface area contributed by atoms with E-state index in [1.54, 1.807) is 13.3 Å². The minimum atomic E-state index is 0.509. The van der Waals surface area contributed by atoms with E-state index in [-0.39, 0.29) is 0 Å². The summed E-state index contributed by atoms with van der Waals surface area (Å²) in [5, 5.41) is 7.21. The number of rotatable bonds is 7. The summed E-state index contributed by atoms with van der Waals surface area (Å²) < 4.78 is 5.26. The second-order valence-corrected chi connectivity index (χ2v) is 6.76. The average Bonchev–Trinajstić information content (AvgIpc) is 2.65. The van der Waals surface area contributed by atoms with Gasteiger partial charge in [-0.1, -0.05) is 29.8 Å². The molecular weight excluding hydrogens is 360 g/mol. The molecular formula is C21H23ClN4O. The van der Waals surface area contributed by atoms with Crippen LogP contribution in [-0.2, 0) is 6.42 Å². The lowest BCUT2D eigenvalue weighted by molar-refractivity contribution is 0.414. The lowest BCUT2D eigenvalue weighted by Crippen LogP contribution is -2.08. The molecule has 0 aliphatic carbocycles. The van der Waals surface area contributed by atoms with Crippen LogP contribution in [0.15, 0.2) is 48.7 Å². The third-order valence-electron chi connectivity index (χ3n) is 4.18. The molecule has 0 saturated heterocycles. The van der Waals surface area contributed by atoms with Gasteiger partial charge in [0.15, 0.2) is 0 Å². The van der Waals surface area contributed by atoms with Gasteiger partial charge in [0.2, 0.25) is 5.95 Å². The largest absolute Gasteiger partial charge is 0.497 e. The zero-order chi connectivity index (χ0) is 19.2. The minimum absolute atomic E-state index is 0.509. The summed E-state index contributed by atoms with van der Waals surface area (Å²) in [7, 11) is 1.68. The normalized spacial score (nSPS) is 10.5. The quantitative estimate of drug-likeness (QED) is 0.591. The SMILES string of the molecule is COc1cccc(CCNc2ccnc(Nc3c(C)cc(C)cc3Cl)n2)c1. The first-order valence-electron chi connectivity index (χ1n) is 8.79. The van der Waals surface area contributed by atoms with Crippen LogP contribution < -0.4 is 15.4 Å². The average molecular weight is 383 g/mol. The highest BCUT2D eigenvalue weighted by Gasteiger charge is 2.08. The summed E-state index contributed by atoms with van der Waals surface area (Å²) in [6, 6.07) is 13.9. The number of anilines is 3. The van der Waals surface area contributed by atoms with Gasteiger partial charge >= 0.3 is 0 Å². The van der Waals surface area contributed by atoms with Crippen LogP contribution in [0.4, 0.5) is 17.5 Å². The van der Waals surface area contributed by atoms with Gasteiger partial charge in [-0.2, -0.15) is 4.98 Å². The number of benzene rings is 2. The maximum absolute atomic E-state index is 6.36. The van der Waals surface area contributed by atoms with Crippen LogP contribution in [0.25, 0.3) is 0 Å². The third-order valence-corrected chi connectivity index (χ3v) is 4.48. The first kappa shape index (κ1) is 19.0. The van der Waals surface area contributed by atoms with Crippen molar-refractivity contribution in [2.24, 2.45) is 0 Å². The molecule has 3 aromatic rings. The molecule has 0 spiro atoms. The van der Waals surface area contributed by atoms with E-state index in [9.17, 15) is 0 Å². The highest BCUT2D eigenvalue weighted by atomic mass is 35.5. The summed E-state index contributed by atoms with van der Waals surface area (Å²) in [6.07, 6.45) is 2.59. The van der Waals surface area contributed by atoms with Crippen LogP contribution in [0.2, 0.25) is 5.02 Å². The molecule has 1 heterocycles. The third kappa shape index (κ3) is 5.11. The molecule has 6 heteroatoms. The van der Waals surface area contributed by atoms with Crippen molar-refractivity contribution >= 4 is 29.1 Å². The fourth-order valence-electron chi connectivity index (χ4n) is 2.87. The molecule has 0 aliphatic heterocycles. The molecule has 0 radical (unpaired) electrons. The molecule has 140 valence electrons. The van der Waals surface area contributed by atoms with Crippen LogP contribution in [0.3, 0.4) is 0 Å². The van der Waals surface area contributed by atoms with Crippen molar-refractivity contribution in [3.63, 3.8) is 0 Å². The molecule has 0 amide bonds. The van der Waals surface area contributed by atoms with Crippen molar-refractivity contribution in [2.75, 3.05) is 24.3 Å². The lowest BCUT2D eigenvalue weighted by atomic mass is 10.1. The number of ether oxygens (including phenoxy) is 1.